The van der Waals surface area contributed by atoms with Gasteiger partial charge in [0, 0.05) is 5.02 Å². The Morgan fingerprint density at radius 1 is 1.45 bits per heavy atom. The summed E-state index contributed by atoms with van der Waals surface area (Å²) in [6.07, 6.45) is 0. The summed E-state index contributed by atoms with van der Waals surface area (Å²) in [5, 5.41) is 0.537. The molecule has 0 aliphatic carbocycles. The monoisotopic (exact) mass is 190 g/mol. The SMILES string of the molecule is O=S(O)Cc1ccccc1Cl. The number of rotatable bonds is 2. The van der Waals surface area contributed by atoms with E-state index >= 15 is 0 Å². The van der Waals surface area contributed by atoms with Crippen LogP contribution >= 0.6 is 11.6 Å². The summed E-state index contributed by atoms with van der Waals surface area (Å²) in [6, 6.07) is 7.00. The molecule has 0 aliphatic rings. The van der Waals surface area contributed by atoms with Crippen LogP contribution in [0, 0.1) is 0 Å². The highest BCUT2D eigenvalue weighted by atomic mass is 35.5. The van der Waals surface area contributed by atoms with Crippen molar-refractivity contribution in [3.8, 4) is 0 Å². The van der Waals surface area contributed by atoms with Crippen LogP contribution in [0.4, 0.5) is 0 Å². The van der Waals surface area contributed by atoms with Gasteiger partial charge in [0.05, 0.1) is 5.75 Å². The van der Waals surface area contributed by atoms with Crippen LogP contribution in [-0.2, 0) is 16.8 Å². The van der Waals surface area contributed by atoms with Crippen LogP contribution < -0.4 is 0 Å². The molecule has 0 radical (unpaired) electrons. The summed E-state index contributed by atoms with van der Waals surface area (Å²) in [5.74, 6) is 0.0969. The third kappa shape index (κ3) is 2.61. The Kier molecular flexibility index (Phi) is 3.05. The molecule has 1 atom stereocenters. The minimum Gasteiger partial charge on any atom is -0.306 e. The lowest BCUT2D eigenvalue weighted by atomic mass is 10.2. The predicted octanol–water partition coefficient (Wildman–Crippen LogP) is 2.06. The van der Waals surface area contributed by atoms with Gasteiger partial charge >= 0.3 is 0 Å². The lowest BCUT2D eigenvalue weighted by molar-refractivity contribution is 0.563. The first-order chi connectivity index (χ1) is 5.20. The molecule has 0 heterocycles. The molecule has 2 nitrogen and oxygen atoms in total. The summed E-state index contributed by atoms with van der Waals surface area (Å²) >= 11 is 3.91. The van der Waals surface area contributed by atoms with Crippen molar-refractivity contribution in [2.75, 3.05) is 0 Å². The first-order valence-corrected chi connectivity index (χ1v) is 4.66. The van der Waals surface area contributed by atoms with E-state index in [0.29, 0.717) is 10.6 Å². The topological polar surface area (TPSA) is 37.3 Å². The minimum atomic E-state index is -1.81. The van der Waals surface area contributed by atoms with Crippen molar-refractivity contribution in [1.29, 1.82) is 0 Å². The van der Waals surface area contributed by atoms with Gasteiger partial charge in [0.25, 0.3) is 0 Å². The Bertz CT molecular complexity index is 275. The maximum atomic E-state index is 10.4. The quantitative estimate of drug-likeness (QED) is 0.725. The van der Waals surface area contributed by atoms with Crippen molar-refractivity contribution < 1.29 is 8.76 Å². The second-order valence-corrected chi connectivity index (χ2v) is 3.40. The van der Waals surface area contributed by atoms with Crippen LogP contribution in [0.15, 0.2) is 24.3 Å². The second-order valence-electron chi connectivity index (χ2n) is 2.06. The normalized spacial score (nSPS) is 12.9. The van der Waals surface area contributed by atoms with E-state index in [1.54, 1.807) is 24.3 Å². The van der Waals surface area contributed by atoms with Gasteiger partial charge in [-0.1, -0.05) is 29.8 Å². The molecule has 1 aromatic carbocycles. The molecule has 0 fully saturated rings. The Morgan fingerprint density at radius 3 is 2.64 bits per heavy atom. The Hall–Kier alpha value is -0.380. The Labute approximate surface area is 72.5 Å². The summed E-state index contributed by atoms with van der Waals surface area (Å²) in [6.45, 7) is 0. The zero-order chi connectivity index (χ0) is 8.27. The van der Waals surface area contributed by atoms with Gasteiger partial charge in [-0.15, -0.1) is 0 Å². The van der Waals surface area contributed by atoms with Crippen molar-refractivity contribution in [3.63, 3.8) is 0 Å². The highest BCUT2D eigenvalue weighted by Crippen LogP contribution is 2.15. The third-order valence-electron chi connectivity index (χ3n) is 1.24. The van der Waals surface area contributed by atoms with Crippen LogP contribution in [0.2, 0.25) is 5.02 Å². The van der Waals surface area contributed by atoms with Crippen molar-refractivity contribution in [2.45, 2.75) is 5.75 Å². The van der Waals surface area contributed by atoms with E-state index in [0.717, 1.165) is 0 Å². The summed E-state index contributed by atoms with van der Waals surface area (Å²) in [4.78, 5) is 0. The molecule has 0 aliphatic heterocycles. The molecule has 11 heavy (non-hydrogen) atoms. The average molecular weight is 191 g/mol. The van der Waals surface area contributed by atoms with Gasteiger partial charge in [-0.25, -0.2) is 4.21 Å². The summed E-state index contributed by atoms with van der Waals surface area (Å²) in [5.41, 5.74) is 0.704. The fourth-order valence-corrected chi connectivity index (χ4v) is 1.55. The molecule has 1 rings (SSSR count). The molecule has 1 unspecified atom stereocenters. The molecule has 60 valence electrons. The van der Waals surface area contributed by atoms with Crippen molar-refractivity contribution in [2.24, 2.45) is 0 Å². The second kappa shape index (κ2) is 3.85. The number of hydrogen-bond donors (Lipinski definition) is 1. The van der Waals surface area contributed by atoms with E-state index < -0.39 is 11.1 Å². The summed E-state index contributed by atoms with van der Waals surface area (Å²) < 4.78 is 18.9. The highest BCUT2D eigenvalue weighted by Gasteiger charge is 2.00. The van der Waals surface area contributed by atoms with Gasteiger partial charge in [-0.2, -0.15) is 0 Å². The zero-order valence-corrected chi connectivity index (χ0v) is 7.23. The van der Waals surface area contributed by atoms with E-state index in [2.05, 4.69) is 0 Å². The van der Waals surface area contributed by atoms with Crippen LogP contribution in [0.1, 0.15) is 5.56 Å². The lowest BCUT2D eigenvalue weighted by Gasteiger charge is -1.98. The molecule has 1 aromatic rings. The minimum absolute atomic E-state index is 0.0969. The largest absolute Gasteiger partial charge is 0.306 e. The molecule has 0 saturated carbocycles. The molecule has 0 bridgehead atoms. The standard InChI is InChI=1S/C7H7ClO2S/c8-7-4-2-1-3-6(7)5-11(9)10/h1-4H,5H2,(H,9,10). The molecule has 0 spiro atoms. The summed E-state index contributed by atoms with van der Waals surface area (Å²) in [7, 11) is 0. The van der Waals surface area contributed by atoms with Crippen molar-refractivity contribution in [1.82, 2.24) is 0 Å². The van der Waals surface area contributed by atoms with E-state index in [1.807, 2.05) is 0 Å². The zero-order valence-electron chi connectivity index (χ0n) is 5.66. The molecule has 1 N–H and O–H groups in total. The van der Waals surface area contributed by atoms with Crippen LogP contribution in [0.25, 0.3) is 0 Å². The number of halogens is 1. The Morgan fingerprint density at radius 2 is 2.09 bits per heavy atom. The van der Waals surface area contributed by atoms with Crippen LogP contribution in [0.3, 0.4) is 0 Å². The van der Waals surface area contributed by atoms with Crippen molar-refractivity contribution >= 4 is 22.7 Å². The van der Waals surface area contributed by atoms with Crippen LogP contribution in [-0.4, -0.2) is 8.76 Å². The number of benzene rings is 1. The predicted molar refractivity (Wildman–Crippen MR) is 45.9 cm³/mol. The van der Waals surface area contributed by atoms with E-state index in [9.17, 15) is 4.21 Å². The average Bonchev–Trinajstić information content (AvgIpc) is 1.93. The van der Waals surface area contributed by atoms with Gasteiger partial charge in [-0.05, 0) is 11.6 Å². The molecule has 0 amide bonds. The van der Waals surface area contributed by atoms with E-state index in [-0.39, 0.29) is 5.75 Å². The maximum Gasteiger partial charge on any atom is 0.157 e. The molecule has 0 aromatic heterocycles. The molecule has 0 saturated heterocycles. The van der Waals surface area contributed by atoms with Gasteiger partial charge in [0.1, 0.15) is 0 Å². The smallest absolute Gasteiger partial charge is 0.157 e. The fraction of sp³-hybridized carbons (Fsp3) is 0.143. The van der Waals surface area contributed by atoms with Crippen molar-refractivity contribution in [3.05, 3.63) is 34.9 Å². The number of hydrogen-bond acceptors (Lipinski definition) is 1. The lowest BCUT2D eigenvalue weighted by Crippen LogP contribution is -1.92. The maximum absolute atomic E-state index is 10.4. The fourth-order valence-electron chi connectivity index (χ4n) is 0.748. The van der Waals surface area contributed by atoms with Gasteiger partial charge in [-0.3, -0.25) is 0 Å². The Balaban J connectivity index is 2.86. The van der Waals surface area contributed by atoms with Gasteiger partial charge in [0.2, 0.25) is 0 Å². The molecular weight excluding hydrogens is 184 g/mol. The molecular formula is C7H7ClO2S. The van der Waals surface area contributed by atoms with E-state index in [1.165, 1.54) is 0 Å². The first kappa shape index (κ1) is 8.71. The highest BCUT2D eigenvalue weighted by molar-refractivity contribution is 7.78. The van der Waals surface area contributed by atoms with Gasteiger partial charge < -0.3 is 4.55 Å². The van der Waals surface area contributed by atoms with Gasteiger partial charge in [0.15, 0.2) is 11.1 Å². The van der Waals surface area contributed by atoms with Crippen LogP contribution in [0.5, 0.6) is 0 Å². The molecule has 4 heteroatoms. The first-order valence-electron chi connectivity index (χ1n) is 3.01. The third-order valence-corrected chi connectivity index (χ3v) is 2.16. The van der Waals surface area contributed by atoms with E-state index in [4.69, 9.17) is 16.2 Å².